The van der Waals surface area contributed by atoms with E-state index in [2.05, 4.69) is 266 Å². The zero-order valence-corrected chi connectivity index (χ0v) is 34.8. The molecule has 0 saturated heterocycles. The number of benzene rings is 11. The minimum Gasteiger partial charge on any atom is -0.311 e. The fourth-order valence-electron chi connectivity index (χ4n) is 9.36. The summed E-state index contributed by atoms with van der Waals surface area (Å²) in [4.78, 5) is 2.35. The topological polar surface area (TPSA) is 3.24 Å². The predicted octanol–water partition coefficient (Wildman–Crippen LogP) is 17.5. The van der Waals surface area contributed by atoms with Crippen molar-refractivity contribution in [3.05, 3.63) is 261 Å². The van der Waals surface area contributed by atoms with Crippen LogP contribution >= 0.6 is 0 Å². The quantitative estimate of drug-likeness (QED) is 0.131. The van der Waals surface area contributed by atoms with Crippen molar-refractivity contribution in [2.24, 2.45) is 0 Å². The van der Waals surface area contributed by atoms with Gasteiger partial charge in [0.05, 0.1) is 0 Å². The Balaban J connectivity index is 1.00. The number of nitrogens with zero attached hydrogens (tertiary/aromatic N) is 1. The summed E-state index contributed by atoms with van der Waals surface area (Å²) in [7, 11) is 0. The van der Waals surface area contributed by atoms with Gasteiger partial charge in [0.15, 0.2) is 0 Å². The van der Waals surface area contributed by atoms with Crippen LogP contribution in [0, 0.1) is 0 Å². The Morgan fingerprint density at radius 3 is 1.17 bits per heavy atom. The molecule has 296 valence electrons. The molecular weight excluding hydrogens is 759 g/mol. The SMILES string of the molecule is c1ccc(-c2ccc(-c3ccc(N(c4ccccc4)c4ccc(-c5cccc6c(-c7ccccc7)c(-c7ccccc7)c7ccccc7c56)cc4)cc3)cc2-c2ccccc2)cc1. The van der Waals surface area contributed by atoms with Gasteiger partial charge in [-0.2, -0.15) is 0 Å². The predicted molar refractivity (Wildman–Crippen MR) is 269 cm³/mol. The summed E-state index contributed by atoms with van der Waals surface area (Å²) in [5.41, 5.74) is 17.9. The normalized spacial score (nSPS) is 11.2. The summed E-state index contributed by atoms with van der Waals surface area (Å²) >= 11 is 0. The number of hydrogen-bond acceptors (Lipinski definition) is 1. The minimum absolute atomic E-state index is 1.10. The van der Waals surface area contributed by atoms with Crippen LogP contribution in [0.1, 0.15) is 0 Å². The van der Waals surface area contributed by atoms with Gasteiger partial charge in [0.2, 0.25) is 0 Å². The van der Waals surface area contributed by atoms with Gasteiger partial charge in [-0.1, -0.05) is 218 Å². The maximum absolute atomic E-state index is 2.35. The van der Waals surface area contributed by atoms with E-state index in [0.29, 0.717) is 0 Å². The molecule has 0 spiro atoms. The van der Waals surface area contributed by atoms with E-state index in [1.807, 2.05) is 0 Å². The van der Waals surface area contributed by atoms with Crippen molar-refractivity contribution >= 4 is 38.6 Å². The van der Waals surface area contributed by atoms with Crippen molar-refractivity contribution in [1.82, 2.24) is 0 Å². The van der Waals surface area contributed by atoms with Crippen molar-refractivity contribution in [2.75, 3.05) is 4.90 Å². The van der Waals surface area contributed by atoms with Crippen LogP contribution < -0.4 is 4.90 Å². The molecule has 0 radical (unpaired) electrons. The molecule has 0 saturated carbocycles. The summed E-state index contributed by atoms with van der Waals surface area (Å²) in [5, 5.41) is 5.02. The second-order valence-electron chi connectivity index (χ2n) is 16.0. The highest BCUT2D eigenvalue weighted by Crippen LogP contribution is 2.47. The molecule has 0 aliphatic rings. The Labute approximate surface area is 369 Å². The lowest BCUT2D eigenvalue weighted by atomic mass is 9.83. The monoisotopic (exact) mass is 801 g/mol. The van der Waals surface area contributed by atoms with Gasteiger partial charge in [0, 0.05) is 17.1 Å². The second kappa shape index (κ2) is 16.7. The maximum atomic E-state index is 2.35. The third-order valence-electron chi connectivity index (χ3n) is 12.3. The standard InChI is InChI=1S/C62H43N/c1-6-19-45(20-7-1)54-42-37-50(43-59(54)46-21-8-2-9-22-46)44-33-38-52(39-34-44)63(51-27-14-5-15-28-51)53-40-35-47(36-41-53)55-31-18-32-58-61(49-25-12-4-13-26-49)60(48-23-10-3-11-24-48)56-29-16-17-30-57(56)62(55)58/h1-43H. The smallest absolute Gasteiger partial charge is 0.0462 e. The molecule has 0 amide bonds. The maximum Gasteiger partial charge on any atom is 0.0462 e. The first-order valence-corrected chi connectivity index (χ1v) is 21.7. The first-order valence-electron chi connectivity index (χ1n) is 21.7. The van der Waals surface area contributed by atoms with Crippen molar-refractivity contribution in [3.63, 3.8) is 0 Å². The first-order chi connectivity index (χ1) is 31.3. The highest BCUT2D eigenvalue weighted by Gasteiger charge is 2.20. The van der Waals surface area contributed by atoms with Gasteiger partial charge < -0.3 is 4.90 Å². The molecule has 1 nitrogen and oxygen atoms in total. The highest BCUT2D eigenvalue weighted by molar-refractivity contribution is 6.25. The van der Waals surface area contributed by atoms with Crippen molar-refractivity contribution < 1.29 is 0 Å². The average molecular weight is 802 g/mol. The van der Waals surface area contributed by atoms with E-state index in [1.165, 1.54) is 88.3 Å². The van der Waals surface area contributed by atoms with Gasteiger partial charge in [-0.25, -0.2) is 0 Å². The van der Waals surface area contributed by atoms with Crippen molar-refractivity contribution in [2.45, 2.75) is 0 Å². The van der Waals surface area contributed by atoms with Crippen LogP contribution in [0.15, 0.2) is 261 Å². The summed E-state index contributed by atoms with van der Waals surface area (Å²) in [5.74, 6) is 0. The van der Waals surface area contributed by atoms with Crippen LogP contribution in [0.3, 0.4) is 0 Å². The first kappa shape index (κ1) is 37.7. The van der Waals surface area contributed by atoms with E-state index in [1.54, 1.807) is 0 Å². The number of rotatable bonds is 9. The molecule has 0 aliphatic carbocycles. The molecule has 0 unspecified atom stereocenters. The van der Waals surface area contributed by atoms with Crippen LogP contribution in [-0.2, 0) is 0 Å². The van der Waals surface area contributed by atoms with E-state index < -0.39 is 0 Å². The van der Waals surface area contributed by atoms with E-state index in [4.69, 9.17) is 0 Å². The van der Waals surface area contributed by atoms with Gasteiger partial charge >= 0.3 is 0 Å². The molecule has 0 fully saturated rings. The fourth-order valence-corrected chi connectivity index (χ4v) is 9.36. The minimum atomic E-state index is 1.10. The zero-order valence-electron chi connectivity index (χ0n) is 34.8. The third-order valence-corrected chi connectivity index (χ3v) is 12.3. The summed E-state index contributed by atoms with van der Waals surface area (Å²) < 4.78 is 0. The molecule has 11 rings (SSSR count). The van der Waals surface area contributed by atoms with E-state index >= 15 is 0 Å². The summed E-state index contributed by atoms with van der Waals surface area (Å²) in [6.45, 7) is 0. The van der Waals surface area contributed by atoms with Gasteiger partial charge in [-0.15, -0.1) is 0 Å². The van der Waals surface area contributed by atoms with Crippen LogP contribution in [-0.4, -0.2) is 0 Å². The number of fused-ring (bicyclic) bond motifs is 3. The van der Waals surface area contributed by atoms with Gasteiger partial charge in [-0.05, 0) is 131 Å². The molecule has 63 heavy (non-hydrogen) atoms. The number of hydrogen-bond donors (Lipinski definition) is 0. The molecule has 11 aromatic rings. The van der Waals surface area contributed by atoms with Gasteiger partial charge in [0.1, 0.15) is 0 Å². The highest BCUT2D eigenvalue weighted by atomic mass is 15.1. The van der Waals surface area contributed by atoms with E-state index in [0.717, 1.165) is 17.1 Å². The Bertz CT molecular complexity index is 3320. The summed E-state index contributed by atoms with van der Waals surface area (Å²) in [6.07, 6.45) is 0. The van der Waals surface area contributed by atoms with Crippen molar-refractivity contribution in [1.29, 1.82) is 0 Å². The number of anilines is 3. The lowest BCUT2D eigenvalue weighted by Crippen LogP contribution is -2.09. The van der Waals surface area contributed by atoms with E-state index in [-0.39, 0.29) is 0 Å². The van der Waals surface area contributed by atoms with E-state index in [9.17, 15) is 0 Å². The molecule has 1 heteroatoms. The molecule has 0 N–H and O–H groups in total. The number of para-hydroxylation sites is 1. The molecule has 0 aliphatic heterocycles. The Morgan fingerprint density at radius 1 is 0.206 bits per heavy atom. The molecular formula is C62H43N. The fraction of sp³-hybridized carbons (Fsp3) is 0. The van der Waals surface area contributed by atoms with Crippen molar-refractivity contribution in [3.8, 4) is 66.8 Å². The average Bonchev–Trinajstić information content (AvgIpc) is 3.37. The molecule has 0 bridgehead atoms. The largest absolute Gasteiger partial charge is 0.311 e. The van der Waals surface area contributed by atoms with Crippen LogP contribution in [0.5, 0.6) is 0 Å². The van der Waals surface area contributed by atoms with Crippen LogP contribution in [0.2, 0.25) is 0 Å². The molecule has 0 atom stereocenters. The van der Waals surface area contributed by atoms with Gasteiger partial charge in [-0.3, -0.25) is 0 Å². The van der Waals surface area contributed by atoms with Gasteiger partial charge in [0.25, 0.3) is 0 Å². The molecule has 0 heterocycles. The molecule has 11 aromatic carbocycles. The Kier molecular flexibility index (Phi) is 9.97. The summed E-state index contributed by atoms with van der Waals surface area (Å²) in [6, 6.07) is 94.4. The zero-order chi connectivity index (χ0) is 42.0. The Morgan fingerprint density at radius 2 is 0.603 bits per heavy atom. The second-order valence-corrected chi connectivity index (χ2v) is 16.0. The lowest BCUT2D eigenvalue weighted by molar-refractivity contribution is 1.28. The third kappa shape index (κ3) is 7.16. The molecule has 0 aromatic heterocycles. The van der Waals surface area contributed by atoms with Crippen LogP contribution in [0.25, 0.3) is 88.3 Å². The Hall–Kier alpha value is -8.26. The lowest BCUT2D eigenvalue weighted by Gasteiger charge is -2.26. The van der Waals surface area contributed by atoms with Crippen LogP contribution in [0.4, 0.5) is 17.1 Å².